The van der Waals surface area contributed by atoms with Gasteiger partial charge in [0, 0.05) is 11.1 Å². The van der Waals surface area contributed by atoms with Gasteiger partial charge in [-0.15, -0.1) is 0 Å². The third-order valence-electron chi connectivity index (χ3n) is 4.56. The first-order valence-corrected chi connectivity index (χ1v) is 8.58. The second-order valence-electron chi connectivity index (χ2n) is 6.48. The van der Waals surface area contributed by atoms with Gasteiger partial charge in [-0.3, -0.25) is 9.36 Å². The normalized spacial score (nSPS) is 22.7. The highest BCUT2D eigenvalue weighted by molar-refractivity contribution is 6.31. The van der Waals surface area contributed by atoms with Crippen molar-refractivity contribution in [3.8, 4) is 0 Å². The van der Waals surface area contributed by atoms with Gasteiger partial charge < -0.3 is 15.5 Å². The van der Waals surface area contributed by atoms with Gasteiger partial charge in [0.25, 0.3) is 5.56 Å². The molecule has 1 fully saturated rings. The number of halogens is 1. The fraction of sp³-hybridized carbons (Fsp3) is 0.529. The lowest BCUT2D eigenvalue weighted by atomic mass is 9.96. The van der Waals surface area contributed by atoms with E-state index >= 15 is 0 Å². The minimum absolute atomic E-state index is 0.137. The number of aliphatic hydroxyl groups excluding tert-OH is 2. The maximum absolute atomic E-state index is 12.6. The Morgan fingerprint density at radius 2 is 2.29 bits per heavy atom. The number of benzene rings is 1. The van der Waals surface area contributed by atoms with Gasteiger partial charge in [-0.1, -0.05) is 11.6 Å². The molecule has 1 saturated heterocycles. The van der Waals surface area contributed by atoms with E-state index in [1.807, 2.05) is 6.92 Å². The Bertz CT molecular complexity index is 792. The van der Waals surface area contributed by atoms with Crippen LogP contribution in [0.2, 0.25) is 5.02 Å². The zero-order valence-electron chi connectivity index (χ0n) is 13.6. The maximum Gasteiger partial charge on any atom is 0.261 e. The number of nitrogens with zero attached hydrogens (tertiary/aromatic N) is 2. The van der Waals surface area contributed by atoms with E-state index in [1.54, 1.807) is 12.1 Å². The Hall–Kier alpha value is -1.47. The molecule has 1 unspecified atom stereocenters. The van der Waals surface area contributed by atoms with E-state index in [-0.39, 0.29) is 18.1 Å². The largest absolute Gasteiger partial charge is 0.392 e. The van der Waals surface area contributed by atoms with Crippen LogP contribution in [-0.4, -0.2) is 44.6 Å². The number of piperidine rings is 1. The van der Waals surface area contributed by atoms with E-state index in [2.05, 4.69) is 10.3 Å². The highest BCUT2D eigenvalue weighted by Crippen LogP contribution is 2.19. The Morgan fingerprint density at radius 1 is 1.50 bits per heavy atom. The molecule has 130 valence electrons. The zero-order chi connectivity index (χ0) is 17.3. The predicted octanol–water partition coefficient (Wildman–Crippen LogP) is 1.22. The van der Waals surface area contributed by atoms with Crippen molar-refractivity contribution < 1.29 is 10.2 Å². The number of hydrogen-bond donors (Lipinski definition) is 3. The molecule has 2 aromatic rings. The second-order valence-corrected chi connectivity index (χ2v) is 6.92. The molecular formula is C17H22ClN3O3. The number of rotatable bonds is 4. The topological polar surface area (TPSA) is 87.4 Å². The molecule has 24 heavy (non-hydrogen) atoms. The summed E-state index contributed by atoms with van der Waals surface area (Å²) >= 11 is 6.04. The third kappa shape index (κ3) is 3.62. The molecule has 0 radical (unpaired) electrons. The summed E-state index contributed by atoms with van der Waals surface area (Å²) < 4.78 is 1.40. The van der Waals surface area contributed by atoms with Crippen LogP contribution in [0.3, 0.4) is 0 Å². The molecule has 6 nitrogen and oxygen atoms in total. The lowest BCUT2D eigenvalue weighted by Crippen LogP contribution is -2.47. The molecule has 3 atom stereocenters. The zero-order valence-corrected chi connectivity index (χ0v) is 14.3. The standard InChI is InChI=1S/C17H22ClN3O3/c1-10-5-11(18)6-13-16(10)20-9-21(17(13)24)8-12(22)7-14-15(23)3-2-4-19-14/h5-6,9,12,14-15,19,22-23H,2-4,7-8H2,1H3/t12?,14-,15+/m1/s1. The van der Waals surface area contributed by atoms with Gasteiger partial charge in [0.2, 0.25) is 0 Å². The van der Waals surface area contributed by atoms with Gasteiger partial charge in [-0.25, -0.2) is 4.98 Å². The van der Waals surface area contributed by atoms with Crippen LogP contribution in [0.5, 0.6) is 0 Å². The van der Waals surface area contributed by atoms with Gasteiger partial charge in [0.05, 0.1) is 36.0 Å². The van der Waals surface area contributed by atoms with E-state index < -0.39 is 12.2 Å². The molecule has 0 bridgehead atoms. The van der Waals surface area contributed by atoms with Crippen molar-refractivity contribution in [3.63, 3.8) is 0 Å². The van der Waals surface area contributed by atoms with Crippen LogP contribution in [0, 0.1) is 6.92 Å². The van der Waals surface area contributed by atoms with Gasteiger partial charge in [-0.05, 0) is 50.4 Å². The lowest BCUT2D eigenvalue weighted by Gasteiger charge is -2.30. The number of fused-ring (bicyclic) bond motifs is 1. The van der Waals surface area contributed by atoms with E-state index in [0.717, 1.165) is 24.9 Å². The summed E-state index contributed by atoms with van der Waals surface area (Å²) in [5.74, 6) is 0. The monoisotopic (exact) mass is 351 g/mol. The maximum atomic E-state index is 12.6. The minimum atomic E-state index is -0.743. The highest BCUT2D eigenvalue weighted by Gasteiger charge is 2.25. The molecule has 0 aliphatic carbocycles. The van der Waals surface area contributed by atoms with Gasteiger partial charge in [0.1, 0.15) is 0 Å². The number of aliphatic hydroxyl groups is 2. The summed E-state index contributed by atoms with van der Waals surface area (Å²) in [5.41, 5.74) is 1.25. The predicted molar refractivity (Wildman–Crippen MR) is 93.4 cm³/mol. The fourth-order valence-electron chi connectivity index (χ4n) is 3.31. The molecular weight excluding hydrogens is 330 g/mol. The molecule has 1 aromatic carbocycles. The van der Waals surface area contributed by atoms with Crippen LogP contribution < -0.4 is 10.9 Å². The van der Waals surface area contributed by atoms with Crippen molar-refractivity contribution in [3.05, 3.63) is 39.4 Å². The molecule has 1 aliphatic rings. The van der Waals surface area contributed by atoms with Crippen molar-refractivity contribution in [1.29, 1.82) is 0 Å². The Kier molecular flexibility index (Phi) is 5.20. The first kappa shape index (κ1) is 17.4. The van der Waals surface area contributed by atoms with Crippen molar-refractivity contribution in [2.75, 3.05) is 6.54 Å². The molecule has 3 rings (SSSR count). The van der Waals surface area contributed by atoms with Crippen molar-refractivity contribution >= 4 is 22.5 Å². The van der Waals surface area contributed by atoms with Crippen molar-refractivity contribution in [2.24, 2.45) is 0 Å². The molecule has 7 heteroatoms. The van der Waals surface area contributed by atoms with Gasteiger partial charge in [-0.2, -0.15) is 0 Å². The number of nitrogens with one attached hydrogen (secondary N) is 1. The molecule has 0 spiro atoms. The summed E-state index contributed by atoms with van der Waals surface area (Å²) in [7, 11) is 0. The quantitative estimate of drug-likeness (QED) is 0.771. The summed E-state index contributed by atoms with van der Waals surface area (Å²) in [6, 6.07) is 3.23. The van der Waals surface area contributed by atoms with Crippen molar-refractivity contribution in [2.45, 2.75) is 51.0 Å². The molecule has 0 amide bonds. The summed E-state index contributed by atoms with van der Waals surface area (Å²) in [6.45, 7) is 2.83. The van der Waals surface area contributed by atoms with Gasteiger partial charge in [0.15, 0.2) is 0 Å². The molecule has 1 aliphatic heterocycles. The highest BCUT2D eigenvalue weighted by atomic mass is 35.5. The first-order valence-electron chi connectivity index (χ1n) is 8.20. The average Bonchev–Trinajstić information content (AvgIpc) is 2.53. The van der Waals surface area contributed by atoms with Gasteiger partial charge >= 0.3 is 0 Å². The van der Waals surface area contributed by atoms with Crippen LogP contribution in [0.4, 0.5) is 0 Å². The van der Waals surface area contributed by atoms with E-state index in [9.17, 15) is 15.0 Å². The van der Waals surface area contributed by atoms with E-state index in [1.165, 1.54) is 10.9 Å². The fourth-order valence-corrected chi connectivity index (χ4v) is 3.58. The van der Waals surface area contributed by atoms with Crippen LogP contribution >= 0.6 is 11.6 Å². The SMILES string of the molecule is Cc1cc(Cl)cc2c(=O)n(CC(O)C[C@H]3NCCC[C@@H]3O)cnc12. The summed E-state index contributed by atoms with van der Waals surface area (Å²) in [4.78, 5) is 16.9. The number of aryl methyl sites for hydroxylation is 1. The summed E-state index contributed by atoms with van der Waals surface area (Å²) in [6.07, 6.45) is 2.31. The summed E-state index contributed by atoms with van der Waals surface area (Å²) in [5, 5.41) is 24.4. The second kappa shape index (κ2) is 7.19. The minimum Gasteiger partial charge on any atom is -0.392 e. The average molecular weight is 352 g/mol. The lowest BCUT2D eigenvalue weighted by molar-refractivity contribution is 0.0539. The third-order valence-corrected chi connectivity index (χ3v) is 4.78. The number of hydrogen-bond acceptors (Lipinski definition) is 5. The van der Waals surface area contributed by atoms with Crippen LogP contribution in [0.1, 0.15) is 24.8 Å². The first-order chi connectivity index (χ1) is 11.5. The van der Waals surface area contributed by atoms with Crippen LogP contribution in [0.25, 0.3) is 10.9 Å². The van der Waals surface area contributed by atoms with E-state index in [0.29, 0.717) is 22.3 Å². The molecule has 1 aromatic heterocycles. The smallest absolute Gasteiger partial charge is 0.261 e. The van der Waals surface area contributed by atoms with Crippen LogP contribution in [-0.2, 0) is 6.54 Å². The Morgan fingerprint density at radius 3 is 3.04 bits per heavy atom. The Labute approximate surface area is 145 Å². The molecule has 2 heterocycles. The molecule has 3 N–H and O–H groups in total. The van der Waals surface area contributed by atoms with Crippen LogP contribution in [0.15, 0.2) is 23.3 Å². The van der Waals surface area contributed by atoms with Crippen molar-refractivity contribution in [1.82, 2.24) is 14.9 Å². The Balaban J connectivity index is 1.79. The van der Waals surface area contributed by atoms with E-state index in [4.69, 9.17) is 11.6 Å². The number of aromatic nitrogens is 2. The molecule has 0 saturated carbocycles.